The van der Waals surface area contributed by atoms with Gasteiger partial charge in [-0.05, 0) is 49.9 Å². The Kier molecular flexibility index (Phi) is 4.25. The Morgan fingerprint density at radius 3 is 2.27 bits per heavy atom. The second-order valence-corrected chi connectivity index (χ2v) is 9.62. The minimum Gasteiger partial charge on any atom is -0.339 e. The summed E-state index contributed by atoms with van der Waals surface area (Å²) in [7, 11) is 2.53. The zero-order valence-corrected chi connectivity index (χ0v) is 16.5. The molecule has 3 aliphatic heterocycles. The Bertz CT molecular complexity index is 755. The van der Waals surface area contributed by atoms with Gasteiger partial charge in [0.1, 0.15) is 0 Å². The normalized spacial score (nSPS) is 30.3. The fourth-order valence-electron chi connectivity index (χ4n) is 5.66. The van der Waals surface area contributed by atoms with E-state index in [1.54, 1.807) is 0 Å². The van der Waals surface area contributed by atoms with E-state index in [2.05, 4.69) is 60.5 Å². The molecular formula is C23H29N2S+. The first-order valence-electron chi connectivity index (χ1n) is 10.2. The third-order valence-electron chi connectivity index (χ3n) is 6.96. The first-order chi connectivity index (χ1) is 12.7. The molecule has 0 bridgehead atoms. The second kappa shape index (κ2) is 6.61. The van der Waals surface area contributed by atoms with E-state index in [-0.39, 0.29) is 0 Å². The SMILES string of the molecule is C[N+]12CCCC[C@@H]1[C@H](CN1c3ccccc3Sc3ccccc31)CCC2. The Morgan fingerprint density at radius 2 is 1.54 bits per heavy atom. The average Bonchev–Trinajstić information content (AvgIpc) is 2.67. The smallest absolute Gasteiger partial charge is 0.0934 e. The maximum absolute atomic E-state index is 2.64. The van der Waals surface area contributed by atoms with Gasteiger partial charge in [0, 0.05) is 28.7 Å². The van der Waals surface area contributed by atoms with Crippen LogP contribution >= 0.6 is 11.8 Å². The van der Waals surface area contributed by atoms with E-state index in [1.807, 2.05) is 11.8 Å². The predicted molar refractivity (Wildman–Crippen MR) is 110 cm³/mol. The minimum atomic E-state index is 0.804. The number of nitrogens with zero attached hydrogens (tertiary/aromatic N) is 2. The highest BCUT2D eigenvalue weighted by atomic mass is 32.2. The molecular weight excluding hydrogens is 336 g/mol. The van der Waals surface area contributed by atoms with Gasteiger partial charge in [0.15, 0.2) is 0 Å². The average molecular weight is 366 g/mol. The van der Waals surface area contributed by atoms with Crippen LogP contribution in [-0.4, -0.2) is 37.2 Å². The molecule has 1 unspecified atom stereocenters. The summed E-state index contributed by atoms with van der Waals surface area (Å²) < 4.78 is 1.33. The zero-order chi connectivity index (χ0) is 17.6. The van der Waals surface area contributed by atoms with Crippen molar-refractivity contribution >= 4 is 23.1 Å². The van der Waals surface area contributed by atoms with Crippen LogP contribution in [0.4, 0.5) is 11.4 Å². The van der Waals surface area contributed by atoms with Crippen LogP contribution in [0, 0.1) is 5.92 Å². The van der Waals surface area contributed by atoms with Gasteiger partial charge in [-0.15, -0.1) is 0 Å². The number of benzene rings is 2. The number of hydrogen-bond acceptors (Lipinski definition) is 2. The molecule has 0 saturated carbocycles. The number of rotatable bonds is 2. The van der Waals surface area contributed by atoms with Crippen molar-refractivity contribution in [3.8, 4) is 0 Å². The fourth-order valence-corrected chi connectivity index (χ4v) is 6.75. The van der Waals surface area contributed by atoms with E-state index in [4.69, 9.17) is 0 Å². The van der Waals surface area contributed by atoms with Gasteiger partial charge in [0.25, 0.3) is 0 Å². The molecule has 2 nitrogen and oxygen atoms in total. The first kappa shape index (κ1) is 16.7. The van der Waals surface area contributed by atoms with Crippen molar-refractivity contribution in [2.45, 2.75) is 47.9 Å². The summed E-state index contributed by atoms with van der Waals surface area (Å²) in [6.45, 7) is 3.96. The molecule has 0 N–H and O–H groups in total. The number of hydrogen-bond donors (Lipinski definition) is 0. The second-order valence-electron chi connectivity index (χ2n) is 8.54. The summed E-state index contributed by atoms with van der Waals surface area (Å²) in [5, 5.41) is 0. The topological polar surface area (TPSA) is 3.24 Å². The third kappa shape index (κ3) is 2.76. The Labute approximate surface area is 161 Å². The van der Waals surface area contributed by atoms with Crippen LogP contribution in [0.2, 0.25) is 0 Å². The lowest BCUT2D eigenvalue weighted by Crippen LogP contribution is -2.62. The molecule has 0 spiro atoms. The molecule has 3 aliphatic rings. The molecule has 5 rings (SSSR count). The van der Waals surface area contributed by atoms with Gasteiger partial charge in [-0.1, -0.05) is 36.0 Å². The minimum absolute atomic E-state index is 0.804. The lowest BCUT2D eigenvalue weighted by Gasteiger charge is -2.52. The number of para-hydroxylation sites is 2. The fraction of sp³-hybridized carbons (Fsp3) is 0.478. The quantitative estimate of drug-likeness (QED) is 0.628. The van der Waals surface area contributed by atoms with E-state index in [1.165, 1.54) is 77.4 Å². The molecule has 0 aliphatic carbocycles. The molecule has 0 amide bonds. The summed E-state index contributed by atoms with van der Waals surface area (Å²) in [5.74, 6) is 0.804. The lowest BCUT2D eigenvalue weighted by atomic mass is 9.81. The number of fused-ring (bicyclic) bond motifs is 3. The van der Waals surface area contributed by atoms with E-state index in [9.17, 15) is 0 Å². The van der Waals surface area contributed by atoms with Crippen molar-refractivity contribution in [3.05, 3.63) is 48.5 Å². The van der Waals surface area contributed by atoms with Crippen molar-refractivity contribution in [1.82, 2.24) is 0 Å². The molecule has 3 heteroatoms. The van der Waals surface area contributed by atoms with Crippen LogP contribution in [0.15, 0.2) is 58.3 Å². The highest BCUT2D eigenvalue weighted by molar-refractivity contribution is 7.99. The van der Waals surface area contributed by atoms with Crippen molar-refractivity contribution in [3.63, 3.8) is 0 Å². The standard InChI is InChI=1S/C23H29N2S/c1-25-15-7-6-12-21(25)18(9-8-16-25)17-24-19-10-2-4-13-22(19)26-23-14-5-3-11-20(23)24/h2-5,10-11,13-14,18,21H,6-9,12,15-17H2,1H3/q+1/t18-,21+,25?/m0/s1. The van der Waals surface area contributed by atoms with Crippen molar-refractivity contribution in [1.29, 1.82) is 0 Å². The summed E-state index contributed by atoms with van der Waals surface area (Å²) >= 11 is 1.92. The van der Waals surface area contributed by atoms with Gasteiger partial charge in [0.2, 0.25) is 0 Å². The van der Waals surface area contributed by atoms with Crippen molar-refractivity contribution < 1.29 is 4.48 Å². The van der Waals surface area contributed by atoms with Crippen LogP contribution in [0.5, 0.6) is 0 Å². The van der Waals surface area contributed by atoms with Gasteiger partial charge < -0.3 is 9.38 Å². The molecule has 2 aromatic rings. The predicted octanol–water partition coefficient (Wildman–Crippen LogP) is 5.70. The Balaban J connectivity index is 1.50. The highest BCUT2D eigenvalue weighted by Crippen LogP contribution is 2.49. The number of anilines is 2. The summed E-state index contributed by atoms with van der Waals surface area (Å²) in [5.41, 5.74) is 2.82. The molecule has 3 heterocycles. The maximum atomic E-state index is 2.64. The Hall–Kier alpha value is -1.45. The van der Waals surface area contributed by atoms with Gasteiger partial charge in [-0.3, -0.25) is 0 Å². The van der Waals surface area contributed by atoms with Crippen LogP contribution in [0.25, 0.3) is 0 Å². The van der Waals surface area contributed by atoms with Gasteiger partial charge in [-0.25, -0.2) is 0 Å². The molecule has 26 heavy (non-hydrogen) atoms. The Morgan fingerprint density at radius 1 is 0.885 bits per heavy atom. The first-order valence-corrected chi connectivity index (χ1v) is 11.0. The zero-order valence-electron chi connectivity index (χ0n) is 15.7. The van der Waals surface area contributed by atoms with Gasteiger partial charge >= 0.3 is 0 Å². The molecule has 3 atom stereocenters. The van der Waals surface area contributed by atoms with Crippen molar-refractivity contribution in [2.75, 3.05) is 31.6 Å². The van der Waals surface area contributed by atoms with Crippen LogP contribution in [-0.2, 0) is 0 Å². The molecule has 2 fully saturated rings. The van der Waals surface area contributed by atoms with Gasteiger partial charge in [0.05, 0.1) is 37.6 Å². The molecule has 0 aromatic heterocycles. The largest absolute Gasteiger partial charge is 0.339 e. The van der Waals surface area contributed by atoms with Crippen LogP contribution in [0.1, 0.15) is 32.1 Å². The van der Waals surface area contributed by atoms with Gasteiger partial charge in [-0.2, -0.15) is 0 Å². The van der Waals surface area contributed by atoms with E-state index < -0.39 is 0 Å². The van der Waals surface area contributed by atoms with E-state index >= 15 is 0 Å². The number of piperidine rings is 2. The van der Waals surface area contributed by atoms with Crippen LogP contribution < -0.4 is 4.90 Å². The van der Waals surface area contributed by atoms with E-state index in [0.29, 0.717) is 0 Å². The molecule has 0 radical (unpaired) electrons. The maximum Gasteiger partial charge on any atom is 0.0934 e. The van der Waals surface area contributed by atoms with Crippen molar-refractivity contribution in [2.24, 2.45) is 5.92 Å². The lowest BCUT2D eigenvalue weighted by molar-refractivity contribution is -0.946. The summed E-state index contributed by atoms with van der Waals surface area (Å²) in [6.07, 6.45) is 7.06. The summed E-state index contributed by atoms with van der Waals surface area (Å²) in [6, 6.07) is 18.8. The molecule has 2 aromatic carbocycles. The molecule has 2 saturated heterocycles. The van der Waals surface area contributed by atoms with E-state index in [0.717, 1.165) is 12.0 Å². The third-order valence-corrected chi connectivity index (χ3v) is 8.09. The summed E-state index contributed by atoms with van der Waals surface area (Å²) in [4.78, 5) is 5.45. The highest BCUT2D eigenvalue weighted by Gasteiger charge is 2.44. The van der Waals surface area contributed by atoms with Crippen LogP contribution in [0.3, 0.4) is 0 Å². The monoisotopic (exact) mass is 365 g/mol. The molecule has 136 valence electrons. The number of quaternary nitrogens is 1.